The molecule has 1 saturated carbocycles. The summed E-state index contributed by atoms with van der Waals surface area (Å²) in [6, 6.07) is 7.71. The van der Waals surface area contributed by atoms with Crippen molar-refractivity contribution >= 4 is 35.0 Å². The molecule has 1 atom stereocenters. The second kappa shape index (κ2) is 8.61. The van der Waals surface area contributed by atoms with Crippen LogP contribution in [0.2, 0.25) is 5.02 Å². The monoisotopic (exact) mass is 384 g/mol. The lowest BCUT2D eigenvalue weighted by molar-refractivity contribution is -0.0101. The zero-order valence-electron chi connectivity index (χ0n) is 13.5. The molecule has 0 aliphatic heterocycles. The highest BCUT2D eigenvalue weighted by atomic mass is 35.5. The molecule has 2 aromatic rings. The SMILES string of the molecule is Clc1ccc(CC(Cl)(OCSC2CCCCC2)n2ccnc2)cc1. The van der Waals surface area contributed by atoms with Crippen LogP contribution in [0.5, 0.6) is 0 Å². The maximum Gasteiger partial charge on any atom is 0.228 e. The Hall–Kier alpha value is -0.680. The van der Waals surface area contributed by atoms with Gasteiger partial charge >= 0.3 is 0 Å². The largest absolute Gasteiger partial charge is 0.331 e. The smallest absolute Gasteiger partial charge is 0.228 e. The molecule has 0 spiro atoms. The summed E-state index contributed by atoms with van der Waals surface area (Å²) >= 11 is 14.7. The molecule has 0 amide bonds. The highest BCUT2D eigenvalue weighted by molar-refractivity contribution is 7.99. The van der Waals surface area contributed by atoms with Gasteiger partial charge in [0.05, 0.1) is 12.3 Å². The third-order valence-corrected chi connectivity index (χ3v) is 6.25. The molecular formula is C18H22Cl2N2OS. The Labute approximate surface area is 157 Å². The maximum atomic E-state index is 6.85. The van der Waals surface area contributed by atoms with Gasteiger partial charge in [-0.1, -0.05) is 54.6 Å². The molecule has 1 aliphatic carbocycles. The van der Waals surface area contributed by atoms with Crippen molar-refractivity contribution in [3.8, 4) is 0 Å². The summed E-state index contributed by atoms with van der Waals surface area (Å²) in [6.45, 7) is 0. The van der Waals surface area contributed by atoms with Gasteiger partial charge in [0.2, 0.25) is 5.18 Å². The Balaban J connectivity index is 1.65. The van der Waals surface area contributed by atoms with E-state index < -0.39 is 5.18 Å². The van der Waals surface area contributed by atoms with Crippen LogP contribution in [0.25, 0.3) is 0 Å². The number of hydrogen-bond acceptors (Lipinski definition) is 3. The highest BCUT2D eigenvalue weighted by Gasteiger charge is 2.31. The number of hydrogen-bond donors (Lipinski definition) is 0. The predicted octanol–water partition coefficient (Wildman–Crippen LogP) is 5.67. The summed E-state index contributed by atoms with van der Waals surface area (Å²) in [7, 11) is 0. The standard InChI is InChI=1S/C18H22Cl2N2OS/c19-16-8-6-15(7-9-16)12-18(20,22-11-10-21-13-22)23-14-24-17-4-2-1-3-5-17/h6-11,13,17H,1-5,12,14H2. The fourth-order valence-electron chi connectivity index (χ4n) is 2.98. The first-order valence-corrected chi connectivity index (χ1v) is 10.1. The van der Waals surface area contributed by atoms with E-state index in [2.05, 4.69) is 4.98 Å². The van der Waals surface area contributed by atoms with Crippen LogP contribution in [0.15, 0.2) is 43.0 Å². The Morgan fingerprint density at radius 1 is 1.21 bits per heavy atom. The van der Waals surface area contributed by atoms with Gasteiger partial charge < -0.3 is 4.74 Å². The molecule has 0 saturated heterocycles. The van der Waals surface area contributed by atoms with Crippen molar-refractivity contribution in [3.05, 3.63) is 53.6 Å². The van der Waals surface area contributed by atoms with Gasteiger partial charge in [-0.25, -0.2) is 4.98 Å². The zero-order chi connectivity index (χ0) is 16.8. The molecule has 3 nitrogen and oxygen atoms in total. The van der Waals surface area contributed by atoms with Gasteiger partial charge in [0, 0.05) is 29.1 Å². The molecule has 1 fully saturated rings. The first-order valence-electron chi connectivity index (χ1n) is 8.33. The molecule has 0 radical (unpaired) electrons. The lowest BCUT2D eigenvalue weighted by atomic mass is 10.0. The summed E-state index contributed by atoms with van der Waals surface area (Å²) in [4.78, 5) is 4.11. The Bertz CT molecular complexity index is 614. The molecule has 24 heavy (non-hydrogen) atoms. The molecule has 1 unspecified atom stereocenters. The number of alkyl halides is 1. The number of halogens is 2. The molecule has 1 aromatic heterocycles. The van der Waals surface area contributed by atoms with Crippen LogP contribution < -0.4 is 0 Å². The molecule has 6 heteroatoms. The number of nitrogens with zero attached hydrogens (tertiary/aromatic N) is 2. The second-order valence-corrected chi connectivity index (χ2v) is 8.41. The number of imidazole rings is 1. The van der Waals surface area contributed by atoms with Crippen LogP contribution in [0.4, 0.5) is 0 Å². The van der Waals surface area contributed by atoms with Crippen molar-refractivity contribution in [2.75, 3.05) is 5.94 Å². The highest BCUT2D eigenvalue weighted by Crippen LogP contribution is 2.33. The summed E-state index contributed by atoms with van der Waals surface area (Å²) < 4.78 is 7.95. The lowest BCUT2D eigenvalue weighted by Gasteiger charge is -2.30. The molecule has 130 valence electrons. The van der Waals surface area contributed by atoms with Crippen molar-refractivity contribution in [2.45, 2.75) is 49.0 Å². The van der Waals surface area contributed by atoms with Gasteiger partial charge in [0.25, 0.3) is 0 Å². The van der Waals surface area contributed by atoms with Crippen LogP contribution in [0, 0.1) is 0 Å². The van der Waals surface area contributed by atoms with E-state index >= 15 is 0 Å². The van der Waals surface area contributed by atoms with E-state index in [-0.39, 0.29) is 0 Å². The van der Waals surface area contributed by atoms with Gasteiger partial charge in [0.1, 0.15) is 0 Å². The first-order chi connectivity index (χ1) is 11.7. The Kier molecular flexibility index (Phi) is 6.50. The van der Waals surface area contributed by atoms with E-state index in [0.29, 0.717) is 17.6 Å². The number of ether oxygens (including phenoxy) is 1. The van der Waals surface area contributed by atoms with E-state index in [1.165, 1.54) is 32.1 Å². The fraction of sp³-hybridized carbons (Fsp3) is 0.500. The van der Waals surface area contributed by atoms with E-state index in [1.807, 2.05) is 46.8 Å². The molecular weight excluding hydrogens is 363 g/mol. The van der Waals surface area contributed by atoms with E-state index in [0.717, 1.165) is 10.6 Å². The van der Waals surface area contributed by atoms with Crippen LogP contribution in [-0.2, 0) is 16.3 Å². The number of rotatable bonds is 7. The number of thioether (sulfide) groups is 1. The molecule has 3 rings (SSSR count). The average molecular weight is 385 g/mol. The molecule has 0 bridgehead atoms. The topological polar surface area (TPSA) is 27.1 Å². The quantitative estimate of drug-likeness (QED) is 0.454. The summed E-state index contributed by atoms with van der Waals surface area (Å²) in [5.74, 6) is 0.583. The van der Waals surface area contributed by atoms with Gasteiger partial charge in [0.15, 0.2) is 0 Å². The van der Waals surface area contributed by atoms with Gasteiger partial charge in [-0.2, -0.15) is 0 Å². The van der Waals surface area contributed by atoms with Gasteiger partial charge in [-0.3, -0.25) is 4.57 Å². The van der Waals surface area contributed by atoms with Crippen molar-refractivity contribution in [1.29, 1.82) is 0 Å². The summed E-state index contributed by atoms with van der Waals surface area (Å²) in [5.41, 5.74) is 1.07. The normalized spacial score (nSPS) is 18.4. The first kappa shape index (κ1) is 18.1. The van der Waals surface area contributed by atoms with E-state index in [4.69, 9.17) is 27.9 Å². The minimum absolute atomic E-state index is 0.549. The van der Waals surface area contributed by atoms with Crippen LogP contribution >= 0.6 is 35.0 Å². The zero-order valence-corrected chi connectivity index (χ0v) is 15.9. The van der Waals surface area contributed by atoms with E-state index in [1.54, 1.807) is 12.5 Å². The molecule has 0 N–H and O–H groups in total. The van der Waals surface area contributed by atoms with Crippen LogP contribution in [-0.4, -0.2) is 20.7 Å². The summed E-state index contributed by atoms with van der Waals surface area (Å²) in [6.07, 6.45) is 12.4. The third kappa shape index (κ3) is 4.92. The lowest BCUT2D eigenvalue weighted by Crippen LogP contribution is -2.32. The minimum atomic E-state index is -0.966. The average Bonchev–Trinajstić information content (AvgIpc) is 3.13. The third-order valence-electron chi connectivity index (χ3n) is 4.36. The van der Waals surface area contributed by atoms with Crippen molar-refractivity contribution in [1.82, 2.24) is 9.55 Å². The fourth-order valence-corrected chi connectivity index (χ4v) is 4.60. The van der Waals surface area contributed by atoms with Gasteiger partial charge in [-0.15, -0.1) is 11.8 Å². The Morgan fingerprint density at radius 3 is 2.62 bits per heavy atom. The molecule has 1 aliphatic rings. The number of aromatic nitrogens is 2. The van der Waals surface area contributed by atoms with Crippen molar-refractivity contribution in [3.63, 3.8) is 0 Å². The maximum absolute atomic E-state index is 6.85. The van der Waals surface area contributed by atoms with Crippen molar-refractivity contribution < 1.29 is 4.74 Å². The Morgan fingerprint density at radius 2 is 1.96 bits per heavy atom. The van der Waals surface area contributed by atoms with Crippen LogP contribution in [0.1, 0.15) is 37.7 Å². The molecule has 1 heterocycles. The van der Waals surface area contributed by atoms with Crippen LogP contribution in [0.3, 0.4) is 0 Å². The van der Waals surface area contributed by atoms with Crippen molar-refractivity contribution in [2.24, 2.45) is 0 Å². The van der Waals surface area contributed by atoms with Gasteiger partial charge in [-0.05, 0) is 30.5 Å². The summed E-state index contributed by atoms with van der Waals surface area (Å²) in [5, 5.41) is 0.444. The van der Waals surface area contributed by atoms with E-state index in [9.17, 15) is 0 Å². The predicted molar refractivity (Wildman–Crippen MR) is 102 cm³/mol. The minimum Gasteiger partial charge on any atom is -0.331 e. The molecule has 1 aromatic carbocycles. The second-order valence-electron chi connectivity index (χ2n) is 6.15. The number of benzene rings is 1.